The topological polar surface area (TPSA) is 345 Å². The lowest BCUT2D eigenvalue weighted by atomic mass is 9.97. The first-order valence-electron chi connectivity index (χ1n) is 28.2. The molecule has 1 aliphatic heterocycles. The smallest absolute Gasteiger partial charge is 0.243 e. The zero-order valence-electron chi connectivity index (χ0n) is 47.3. The average molecular weight is 1060 g/mol. The van der Waals surface area contributed by atoms with Crippen molar-refractivity contribution in [2.45, 2.75) is 239 Å². The van der Waals surface area contributed by atoms with Crippen molar-refractivity contribution in [3.8, 4) is 0 Å². The molecule has 0 bridgehead atoms. The molecule has 0 aromatic heterocycles. The van der Waals surface area contributed by atoms with Crippen LogP contribution in [0.5, 0.6) is 0 Å². The van der Waals surface area contributed by atoms with Crippen LogP contribution in [0.2, 0.25) is 0 Å². The van der Waals surface area contributed by atoms with Crippen LogP contribution < -0.4 is 60.2 Å². The van der Waals surface area contributed by atoms with Crippen molar-refractivity contribution in [1.29, 1.82) is 0 Å². The molecule has 15 N–H and O–H groups in total. The summed E-state index contributed by atoms with van der Waals surface area (Å²) in [5, 5.41) is 20.6. The predicted octanol–water partition coefficient (Wildman–Crippen LogP) is 2.40. The van der Waals surface area contributed by atoms with E-state index in [-0.39, 0.29) is 87.5 Å². The monoisotopic (exact) mass is 1060 g/mol. The molecule has 75 heavy (non-hydrogen) atoms. The number of nitrogens with two attached hydrogens (primary N) is 4. The van der Waals surface area contributed by atoms with E-state index in [4.69, 9.17) is 22.9 Å². The molecular formula is C54H102N12O9. The van der Waals surface area contributed by atoms with Gasteiger partial charge in [0.1, 0.15) is 24.2 Å². The largest absolute Gasteiger partial charge is 0.353 e. The van der Waals surface area contributed by atoms with Crippen molar-refractivity contribution in [3.63, 3.8) is 0 Å². The van der Waals surface area contributed by atoms with Crippen molar-refractivity contribution in [3.05, 3.63) is 0 Å². The van der Waals surface area contributed by atoms with Gasteiger partial charge in [-0.05, 0) is 153 Å². The molecule has 1 aliphatic rings. The maximum absolute atomic E-state index is 14.6. The van der Waals surface area contributed by atoms with Crippen LogP contribution in [0.4, 0.5) is 0 Å². The molecule has 0 radical (unpaired) electrons. The lowest BCUT2D eigenvalue weighted by molar-refractivity contribution is -0.152. The van der Waals surface area contributed by atoms with Crippen LogP contribution in [-0.4, -0.2) is 133 Å². The van der Waals surface area contributed by atoms with E-state index in [2.05, 4.69) is 37.2 Å². The molecule has 1 rings (SSSR count). The maximum Gasteiger partial charge on any atom is 0.243 e. The van der Waals surface area contributed by atoms with Gasteiger partial charge >= 0.3 is 0 Å². The lowest BCUT2D eigenvalue weighted by Crippen LogP contribution is -2.58. The molecule has 9 amide bonds. The minimum absolute atomic E-state index is 0.0367. The van der Waals surface area contributed by atoms with Crippen molar-refractivity contribution in [2.24, 2.45) is 46.6 Å². The summed E-state index contributed by atoms with van der Waals surface area (Å²) < 4.78 is 0. The Kier molecular flexibility index (Phi) is 34.5. The molecule has 1 fully saturated rings. The summed E-state index contributed by atoms with van der Waals surface area (Å²) in [6, 6.07) is -7.39. The standard InChI is InChI=1S/C54H102N12O9/c1-34(2)26-39-30-47(68)60-40(27-35(3)4)31-49(70)63-43(18-10-14-22-55)53(74)64-44(19-11-15-23-56)51(72)62-42(29-37(7)8)33-50(71)66(38(9)67)46(21-13-17-25-58)54(75)65-45(20-12-16-24-57)52(73)61-41(28-36(5)6)32-48(69)59-39/h34-37,39-46H,10-33,55-58H2,1-9H3,(H,59,69)(H,60,68)(H,61,73)(H,62,72)(H,63,70)(H,64,74)(H,65,75)/t39?,40?,41-,42-,43?,44-,45?,46+/m0/s1. The lowest BCUT2D eigenvalue weighted by Gasteiger charge is -2.32. The third-order valence-corrected chi connectivity index (χ3v) is 13.1. The van der Waals surface area contributed by atoms with Gasteiger partial charge in [0, 0.05) is 56.8 Å². The zero-order chi connectivity index (χ0) is 56.6. The van der Waals surface area contributed by atoms with E-state index in [0.717, 1.165) is 4.90 Å². The predicted molar refractivity (Wildman–Crippen MR) is 293 cm³/mol. The fraction of sp³-hybridized carbons (Fsp3) is 0.833. The fourth-order valence-corrected chi connectivity index (χ4v) is 9.71. The molecule has 1 saturated heterocycles. The molecule has 8 atom stereocenters. The Hall–Kier alpha value is -4.73. The van der Waals surface area contributed by atoms with Crippen molar-refractivity contribution in [1.82, 2.24) is 42.1 Å². The van der Waals surface area contributed by atoms with Crippen LogP contribution in [0.25, 0.3) is 0 Å². The van der Waals surface area contributed by atoms with E-state index in [1.165, 1.54) is 6.92 Å². The molecule has 432 valence electrons. The Balaban J connectivity index is 4.08. The average Bonchev–Trinajstić information content (AvgIpc) is 3.28. The Bertz CT molecular complexity index is 1770. The summed E-state index contributed by atoms with van der Waals surface area (Å²) in [6.45, 7) is 18.1. The third kappa shape index (κ3) is 29.4. The second-order valence-corrected chi connectivity index (χ2v) is 22.5. The van der Waals surface area contributed by atoms with Gasteiger partial charge in [-0.15, -0.1) is 0 Å². The number of unbranched alkanes of at least 4 members (excludes halogenated alkanes) is 4. The second-order valence-electron chi connectivity index (χ2n) is 22.5. The number of carbonyl (C=O) groups excluding carboxylic acids is 9. The first-order valence-corrected chi connectivity index (χ1v) is 28.2. The van der Waals surface area contributed by atoms with E-state index < -0.39 is 95.6 Å². The highest BCUT2D eigenvalue weighted by Crippen LogP contribution is 2.19. The summed E-state index contributed by atoms with van der Waals surface area (Å²) in [7, 11) is 0. The quantitative estimate of drug-likeness (QED) is 0.0620. The Morgan fingerprint density at radius 2 is 0.707 bits per heavy atom. The van der Waals surface area contributed by atoms with Crippen LogP contribution in [0.1, 0.15) is 191 Å². The van der Waals surface area contributed by atoms with E-state index in [1.807, 2.05) is 55.4 Å². The number of amides is 9. The molecule has 1 heterocycles. The SMILES string of the molecule is CC(=O)N1C(=O)C[C@H](CC(C)C)NC(=O)[C@H](CCCCN)NC(=O)C(CCCCN)NC(=O)CC(CC(C)C)NC(=O)CC(CC(C)C)NC(=O)C[C@H](CC(C)C)NC(=O)C(CCCCN)NC(=O)[C@H]1CCCCN. The highest BCUT2D eigenvalue weighted by Gasteiger charge is 2.37. The highest BCUT2D eigenvalue weighted by molar-refractivity contribution is 6.01. The number of nitrogens with zero attached hydrogens (tertiary/aromatic N) is 1. The van der Waals surface area contributed by atoms with Gasteiger partial charge in [0.15, 0.2) is 0 Å². The molecular weight excluding hydrogens is 961 g/mol. The molecule has 0 aromatic carbocycles. The van der Waals surface area contributed by atoms with Crippen LogP contribution in [0.15, 0.2) is 0 Å². The Morgan fingerprint density at radius 3 is 1.05 bits per heavy atom. The summed E-state index contributed by atoms with van der Waals surface area (Å²) in [5.74, 6) is -5.02. The van der Waals surface area contributed by atoms with Crippen molar-refractivity contribution < 1.29 is 43.2 Å². The van der Waals surface area contributed by atoms with Gasteiger partial charge in [-0.3, -0.25) is 48.1 Å². The van der Waals surface area contributed by atoms with E-state index in [0.29, 0.717) is 96.7 Å². The number of hydrogen-bond donors (Lipinski definition) is 11. The number of carbonyl (C=O) groups is 9. The van der Waals surface area contributed by atoms with Gasteiger partial charge in [-0.2, -0.15) is 0 Å². The molecule has 21 nitrogen and oxygen atoms in total. The van der Waals surface area contributed by atoms with Gasteiger partial charge in [0.25, 0.3) is 0 Å². The van der Waals surface area contributed by atoms with Gasteiger partial charge in [0.2, 0.25) is 53.2 Å². The number of rotatable bonds is 24. The Morgan fingerprint density at radius 1 is 0.413 bits per heavy atom. The van der Waals surface area contributed by atoms with Gasteiger partial charge < -0.3 is 60.2 Å². The molecule has 0 saturated carbocycles. The third-order valence-electron chi connectivity index (χ3n) is 13.1. The van der Waals surface area contributed by atoms with Crippen LogP contribution in [-0.2, 0) is 43.2 Å². The molecule has 0 aliphatic carbocycles. The van der Waals surface area contributed by atoms with Crippen LogP contribution >= 0.6 is 0 Å². The number of hydrogen-bond acceptors (Lipinski definition) is 13. The first kappa shape index (κ1) is 68.3. The molecule has 0 spiro atoms. The zero-order valence-corrected chi connectivity index (χ0v) is 47.3. The first-order chi connectivity index (χ1) is 35.4. The van der Waals surface area contributed by atoms with Crippen molar-refractivity contribution >= 4 is 53.2 Å². The van der Waals surface area contributed by atoms with Crippen molar-refractivity contribution in [2.75, 3.05) is 26.2 Å². The van der Waals surface area contributed by atoms with Gasteiger partial charge in [-0.25, -0.2) is 0 Å². The number of imide groups is 1. The molecule has 21 heteroatoms. The van der Waals surface area contributed by atoms with Crippen LogP contribution in [0, 0.1) is 23.7 Å². The minimum Gasteiger partial charge on any atom is -0.353 e. The van der Waals surface area contributed by atoms with E-state index in [1.54, 1.807) is 0 Å². The van der Waals surface area contributed by atoms with E-state index in [9.17, 15) is 43.2 Å². The molecule has 0 aromatic rings. The fourth-order valence-electron chi connectivity index (χ4n) is 9.71. The van der Waals surface area contributed by atoms with Gasteiger partial charge in [-0.1, -0.05) is 55.4 Å². The highest BCUT2D eigenvalue weighted by atomic mass is 16.2. The number of nitrogens with one attached hydrogen (secondary N) is 7. The second kappa shape index (κ2) is 37.9. The van der Waals surface area contributed by atoms with E-state index >= 15 is 0 Å². The Labute approximate surface area is 448 Å². The summed E-state index contributed by atoms with van der Waals surface area (Å²) in [5.41, 5.74) is 23.3. The normalized spacial score (nSPS) is 24.3. The van der Waals surface area contributed by atoms with Crippen LogP contribution in [0.3, 0.4) is 0 Å². The summed E-state index contributed by atoms with van der Waals surface area (Å²) in [4.78, 5) is 128. The summed E-state index contributed by atoms with van der Waals surface area (Å²) in [6.07, 6.45) is 5.38. The minimum atomic E-state index is -1.35. The summed E-state index contributed by atoms with van der Waals surface area (Å²) >= 11 is 0. The van der Waals surface area contributed by atoms with Gasteiger partial charge in [0.05, 0.1) is 0 Å². The molecule has 4 unspecified atom stereocenters. The maximum atomic E-state index is 14.6.